The lowest BCUT2D eigenvalue weighted by Crippen LogP contribution is -1.88. The first-order valence-electron chi connectivity index (χ1n) is 5.07. The van der Waals surface area contributed by atoms with E-state index in [2.05, 4.69) is 0 Å². The molecule has 0 aliphatic rings. The molecule has 94 valence electrons. The van der Waals surface area contributed by atoms with E-state index in [9.17, 15) is 17.6 Å². The van der Waals surface area contributed by atoms with Gasteiger partial charge < -0.3 is 0 Å². The molecule has 0 aromatic heterocycles. The maximum atomic E-state index is 12.9. The Kier molecular flexibility index (Phi) is 3.91. The van der Waals surface area contributed by atoms with E-state index in [1.807, 2.05) is 0 Å². The van der Waals surface area contributed by atoms with Crippen molar-refractivity contribution in [3.63, 3.8) is 0 Å². The lowest BCUT2D eigenvalue weighted by Gasteiger charge is -2.03. The summed E-state index contributed by atoms with van der Waals surface area (Å²) in [5.74, 6) is -2.87. The molecule has 0 nitrogen and oxygen atoms in total. The average Bonchev–Trinajstić information content (AvgIpc) is 2.29. The summed E-state index contributed by atoms with van der Waals surface area (Å²) in [5, 5.41) is 0. The fraction of sp³-hybridized carbons (Fsp3) is 0.0769. The average molecular weight is 272 g/mol. The van der Waals surface area contributed by atoms with E-state index in [0.29, 0.717) is 16.2 Å². The molecule has 2 aromatic carbocycles. The van der Waals surface area contributed by atoms with Crippen molar-refractivity contribution in [2.24, 2.45) is 0 Å². The zero-order valence-corrected chi connectivity index (χ0v) is 9.91. The fourth-order valence-corrected chi connectivity index (χ4v) is 2.31. The Morgan fingerprint density at radius 2 is 1.44 bits per heavy atom. The Morgan fingerprint density at radius 1 is 0.778 bits per heavy atom. The van der Waals surface area contributed by atoms with Gasteiger partial charge in [0.1, 0.15) is 11.6 Å². The lowest BCUT2D eigenvalue weighted by atomic mass is 10.2. The molecular formula is C13H8F4S. The number of hydrogen-bond acceptors (Lipinski definition) is 1. The molecule has 0 atom stereocenters. The third kappa shape index (κ3) is 3.26. The fourth-order valence-electron chi connectivity index (χ4n) is 1.41. The first-order valence-corrected chi connectivity index (χ1v) is 6.06. The van der Waals surface area contributed by atoms with Crippen LogP contribution in [0.15, 0.2) is 41.3 Å². The van der Waals surface area contributed by atoms with Crippen LogP contribution in [0.4, 0.5) is 17.6 Å². The standard InChI is InChI=1S/C13H8F4S/c14-9-4-10(15)6-11(5-9)18-7-8-1-2-12(16)13(17)3-8/h1-6H,7H2. The molecule has 0 fully saturated rings. The highest BCUT2D eigenvalue weighted by molar-refractivity contribution is 7.98. The summed E-state index contributed by atoms with van der Waals surface area (Å²) in [6.07, 6.45) is 0. The van der Waals surface area contributed by atoms with E-state index >= 15 is 0 Å². The Balaban J connectivity index is 2.08. The largest absolute Gasteiger partial charge is 0.207 e. The SMILES string of the molecule is Fc1cc(F)cc(SCc2ccc(F)c(F)c2)c1. The van der Waals surface area contributed by atoms with Crippen LogP contribution in [0, 0.1) is 23.3 Å². The zero-order valence-electron chi connectivity index (χ0n) is 9.09. The lowest BCUT2D eigenvalue weighted by molar-refractivity contribution is 0.507. The summed E-state index contributed by atoms with van der Waals surface area (Å²) in [4.78, 5) is 0.400. The van der Waals surface area contributed by atoms with Crippen LogP contribution >= 0.6 is 11.8 Å². The molecule has 0 unspecified atom stereocenters. The number of benzene rings is 2. The van der Waals surface area contributed by atoms with Crippen LogP contribution < -0.4 is 0 Å². The van der Waals surface area contributed by atoms with Gasteiger partial charge in [0, 0.05) is 16.7 Å². The molecule has 0 N–H and O–H groups in total. The minimum Gasteiger partial charge on any atom is -0.207 e. The van der Waals surface area contributed by atoms with Gasteiger partial charge in [0.15, 0.2) is 11.6 Å². The van der Waals surface area contributed by atoms with E-state index in [1.165, 1.54) is 18.2 Å². The summed E-state index contributed by atoms with van der Waals surface area (Å²) >= 11 is 1.15. The molecule has 0 saturated carbocycles. The van der Waals surface area contributed by atoms with Crippen molar-refractivity contribution in [1.82, 2.24) is 0 Å². The van der Waals surface area contributed by atoms with Crippen LogP contribution in [0.3, 0.4) is 0 Å². The van der Waals surface area contributed by atoms with Gasteiger partial charge in [0.05, 0.1) is 0 Å². The molecular weight excluding hydrogens is 264 g/mol. The maximum absolute atomic E-state index is 12.9. The topological polar surface area (TPSA) is 0 Å². The van der Waals surface area contributed by atoms with Gasteiger partial charge in [0.2, 0.25) is 0 Å². The molecule has 18 heavy (non-hydrogen) atoms. The normalized spacial score (nSPS) is 10.7. The molecule has 2 aromatic rings. The minimum absolute atomic E-state index is 0.306. The second-order valence-corrected chi connectivity index (χ2v) is 4.69. The van der Waals surface area contributed by atoms with Crippen molar-refractivity contribution >= 4 is 11.8 Å². The molecule has 2 rings (SSSR count). The van der Waals surface area contributed by atoms with Gasteiger partial charge in [-0.1, -0.05) is 6.07 Å². The van der Waals surface area contributed by atoms with Gasteiger partial charge in [-0.15, -0.1) is 11.8 Å². The number of halogens is 4. The van der Waals surface area contributed by atoms with Crippen molar-refractivity contribution < 1.29 is 17.6 Å². The maximum Gasteiger partial charge on any atom is 0.159 e. The molecule has 0 saturated heterocycles. The molecule has 0 amide bonds. The summed E-state index contributed by atoms with van der Waals surface area (Å²) in [7, 11) is 0. The van der Waals surface area contributed by atoms with Gasteiger partial charge in [-0.3, -0.25) is 0 Å². The van der Waals surface area contributed by atoms with Crippen molar-refractivity contribution in [1.29, 1.82) is 0 Å². The highest BCUT2D eigenvalue weighted by atomic mass is 32.2. The van der Waals surface area contributed by atoms with E-state index in [0.717, 1.165) is 30.0 Å². The quantitative estimate of drug-likeness (QED) is 0.584. The molecule has 0 heterocycles. The number of thioether (sulfide) groups is 1. The minimum atomic E-state index is -0.932. The number of hydrogen-bond donors (Lipinski definition) is 0. The second-order valence-electron chi connectivity index (χ2n) is 3.64. The van der Waals surface area contributed by atoms with Crippen molar-refractivity contribution in [3.05, 3.63) is 65.2 Å². The van der Waals surface area contributed by atoms with E-state index in [-0.39, 0.29) is 0 Å². The molecule has 0 aliphatic heterocycles. The Bertz CT molecular complexity index is 549. The summed E-state index contributed by atoms with van der Waals surface area (Å²) in [6, 6.07) is 6.68. The highest BCUT2D eigenvalue weighted by Crippen LogP contribution is 2.25. The predicted octanol–water partition coefficient (Wildman–Crippen LogP) is 4.54. The van der Waals surface area contributed by atoms with Crippen molar-refractivity contribution in [2.45, 2.75) is 10.6 Å². The van der Waals surface area contributed by atoms with Crippen molar-refractivity contribution in [3.8, 4) is 0 Å². The summed E-state index contributed by atoms with van der Waals surface area (Å²) < 4.78 is 51.4. The first-order chi connectivity index (χ1) is 8.54. The van der Waals surface area contributed by atoms with Gasteiger partial charge >= 0.3 is 0 Å². The third-order valence-electron chi connectivity index (χ3n) is 2.23. The molecule has 0 radical (unpaired) electrons. The highest BCUT2D eigenvalue weighted by Gasteiger charge is 2.05. The second kappa shape index (κ2) is 5.44. The summed E-state index contributed by atoms with van der Waals surface area (Å²) in [6.45, 7) is 0. The van der Waals surface area contributed by atoms with E-state index < -0.39 is 23.3 Å². The monoisotopic (exact) mass is 272 g/mol. The Morgan fingerprint density at radius 3 is 2.06 bits per heavy atom. The summed E-state index contributed by atoms with van der Waals surface area (Å²) in [5.41, 5.74) is 0.545. The van der Waals surface area contributed by atoms with Gasteiger partial charge in [0.25, 0.3) is 0 Å². The van der Waals surface area contributed by atoms with E-state index in [4.69, 9.17) is 0 Å². The zero-order chi connectivity index (χ0) is 13.1. The Hall–Kier alpha value is -1.49. The van der Waals surface area contributed by atoms with Gasteiger partial charge in [-0.25, -0.2) is 17.6 Å². The van der Waals surface area contributed by atoms with E-state index in [1.54, 1.807) is 0 Å². The Labute approximate surface area is 106 Å². The van der Waals surface area contributed by atoms with Crippen LogP contribution in [0.5, 0.6) is 0 Å². The molecule has 5 heteroatoms. The first kappa shape index (κ1) is 13.0. The van der Waals surface area contributed by atoms with Gasteiger partial charge in [-0.05, 0) is 29.8 Å². The van der Waals surface area contributed by atoms with Crippen LogP contribution in [0.2, 0.25) is 0 Å². The van der Waals surface area contributed by atoms with Crippen molar-refractivity contribution in [2.75, 3.05) is 0 Å². The van der Waals surface area contributed by atoms with Crippen LogP contribution in [-0.2, 0) is 5.75 Å². The van der Waals surface area contributed by atoms with Crippen LogP contribution in [0.25, 0.3) is 0 Å². The van der Waals surface area contributed by atoms with Crippen LogP contribution in [-0.4, -0.2) is 0 Å². The molecule has 0 bridgehead atoms. The molecule has 0 spiro atoms. The predicted molar refractivity (Wildman–Crippen MR) is 62.3 cm³/mol. The number of rotatable bonds is 3. The molecule has 0 aliphatic carbocycles. The van der Waals surface area contributed by atoms with Crippen LogP contribution in [0.1, 0.15) is 5.56 Å². The third-order valence-corrected chi connectivity index (χ3v) is 3.27. The smallest absolute Gasteiger partial charge is 0.159 e. The van der Waals surface area contributed by atoms with Gasteiger partial charge in [-0.2, -0.15) is 0 Å².